The summed E-state index contributed by atoms with van der Waals surface area (Å²) in [5, 5.41) is 22.7. The number of ether oxygens (including phenoxy) is 2. The number of aliphatic hydroxyl groups is 1. The summed E-state index contributed by atoms with van der Waals surface area (Å²) < 4.78 is 12.5. The summed E-state index contributed by atoms with van der Waals surface area (Å²) in [5.74, 6) is 2.03. The quantitative estimate of drug-likeness (QED) is 0.187. The third-order valence-electron chi connectivity index (χ3n) is 9.63. The minimum Gasteiger partial charge on any atom is -0.507 e. The van der Waals surface area contributed by atoms with Crippen LogP contribution in [0.4, 0.5) is 0 Å². The average molecular weight is 570 g/mol. The van der Waals surface area contributed by atoms with Gasteiger partial charge in [0, 0.05) is 23.0 Å². The Balaban J connectivity index is 1.37. The smallest absolute Gasteiger partial charge is 0.165 e. The van der Waals surface area contributed by atoms with E-state index in [0.29, 0.717) is 0 Å². The highest BCUT2D eigenvalue weighted by Crippen LogP contribution is 2.55. The van der Waals surface area contributed by atoms with Crippen LogP contribution in [-0.2, 0) is 12.8 Å². The van der Waals surface area contributed by atoms with E-state index in [-0.39, 0.29) is 28.8 Å². The van der Waals surface area contributed by atoms with Gasteiger partial charge in [-0.3, -0.25) is 0 Å². The molecule has 2 heterocycles. The number of aromatic nitrogens is 1. The van der Waals surface area contributed by atoms with Crippen LogP contribution < -0.4 is 9.47 Å². The van der Waals surface area contributed by atoms with Gasteiger partial charge in [-0.05, 0) is 118 Å². The zero-order chi connectivity index (χ0) is 30.2. The molecule has 1 aromatic heterocycles. The number of rotatable bonds is 8. The first-order valence-electron chi connectivity index (χ1n) is 15.3. The number of aromatic amines is 1. The zero-order valence-electron chi connectivity index (χ0n) is 26.3. The number of H-pyrrole nitrogens is 1. The molecule has 3 aromatic rings. The number of aromatic hydroxyl groups is 1. The van der Waals surface area contributed by atoms with Crippen molar-refractivity contribution in [2.24, 2.45) is 11.3 Å². The summed E-state index contributed by atoms with van der Waals surface area (Å²) in [6, 6.07) is 8.09. The fourth-order valence-corrected chi connectivity index (χ4v) is 7.00. The van der Waals surface area contributed by atoms with Gasteiger partial charge in [-0.2, -0.15) is 0 Å². The molecule has 0 unspecified atom stereocenters. The van der Waals surface area contributed by atoms with Gasteiger partial charge in [0.25, 0.3) is 0 Å². The van der Waals surface area contributed by atoms with E-state index < -0.39 is 0 Å². The second-order valence-electron chi connectivity index (χ2n) is 13.4. The maximum absolute atomic E-state index is 11.0. The third kappa shape index (κ3) is 5.89. The predicted molar refractivity (Wildman–Crippen MR) is 173 cm³/mol. The molecule has 0 spiro atoms. The van der Waals surface area contributed by atoms with Gasteiger partial charge in [-0.1, -0.05) is 49.3 Å². The van der Waals surface area contributed by atoms with Crippen molar-refractivity contribution in [3.63, 3.8) is 0 Å². The van der Waals surface area contributed by atoms with E-state index >= 15 is 0 Å². The van der Waals surface area contributed by atoms with Crippen molar-refractivity contribution >= 4 is 23.1 Å². The SMILES string of the molecule is COc1cc(/C=C/c2cc(O)c3c(C/C=C(\C)CCC=C(C)C)c[nH]c3c2)cc2c1O[C@]1(C)CC[C@@H](O)C(C)(C)[C@H]1C2. The summed E-state index contributed by atoms with van der Waals surface area (Å²) >= 11 is 0. The fourth-order valence-electron chi connectivity index (χ4n) is 7.00. The molecule has 224 valence electrons. The van der Waals surface area contributed by atoms with Gasteiger partial charge in [0.1, 0.15) is 11.4 Å². The van der Waals surface area contributed by atoms with E-state index in [4.69, 9.17) is 9.47 Å². The number of methoxy groups -OCH3 is 1. The molecule has 1 saturated carbocycles. The van der Waals surface area contributed by atoms with Gasteiger partial charge >= 0.3 is 0 Å². The van der Waals surface area contributed by atoms with Crippen LogP contribution in [0, 0.1) is 11.3 Å². The summed E-state index contributed by atoms with van der Waals surface area (Å²) in [4.78, 5) is 3.36. The lowest BCUT2D eigenvalue weighted by molar-refractivity contribution is -0.138. The van der Waals surface area contributed by atoms with Crippen LogP contribution in [0.5, 0.6) is 17.2 Å². The summed E-state index contributed by atoms with van der Waals surface area (Å²) in [7, 11) is 1.68. The number of aliphatic hydroxyl groups excluding tert-OH is 1. The highest BCUT2D eigenvalue weighted by Gasteiger charge is 2.54. The number of hydrogen-bond donors (Lipinski definition) is 3. The second-order valence-corrected chi connectivity index (χ2v) is 13.4. The van der Waals surface area contributed by atoms with Gasteiger partial charge in [-0.25, -0.2) is 0 Å². The van der Waals surface area contributed by atoms with Crippen molar-refractivity contribution in [1.82, 2.24) is 4.98 Å². The lowest BCUT2D eigenvalue weighted by Gasteiger charge is -2.55. The molecule has 0 radical (unpaired) electrons. The molecule has 5 heteroatoms. The van der Waals surface area contributed by atoms with E-state index in [2.05, 4.69) is 76.9 Å². The molecule has 3 N–H and O–H groups in total. The molecule has 0 amide bonds. The number of allylic oxidation sites excluding steroid dienone is 4. The molecule has 0 saturated heterocycles. The minimum atomic E-state index is -0.339. The van der Waals surface area contributed by atoms with Crippen LogP contribution in [0.3, 0.4) is 0 Å². The lowest BCUT2D eigenvalue weighted by Crippen LogP contribution is -2.58. The Bertz CT molecular complexity index is 1550. The first-order valence-corrected chi connectivity index (χ1v) is 15.3. The Morgan fingerprint density at radius 1 is 1.07 bits per heavy atom. The highest BCUT2D eigenvalue weighted by atomic mass is 16.5. The van der Waals surface area contributed by atoms with Gasteiger partial charge in [0.2, 0.25) is 0 Å². The van der Waals surface area contributed by atoms with Gasteiger partial charge in [-0.15, -0.1) is 0 Å². The van der Waals surface area contributed by atoms with Crippen molar-refractivity contribution in [3.8, 4) is 17.2 Å². The Hall–Kier alpha value is -3.44. The van der Waals surface area contributed by atoms with E-state index in [0.717, 1.165) is 83.2 Å². The number of nitrogens with one attached hydrogen (secondary N) is 1. The highest BCUT2D eigenvalue weighted by molar-refractivity contribution is 5.92. The minimum absolute atomic E-state index is 0.197. The first kappa shape index (κ1) is 30.0. The molecule has 42 heavy (non-hydrogen) atoms. The summed E-state index contributed by atoms with van der Waals surface area (Å²) in [6.45, 7) is 12.9. The van der Waals surface area contributed by atoms with Crippen molar-refractivity contribution in [2.75, 3.05) is 7.11 Å². The van der Waals surface area contributed by atoms with E-state index in [1.165, 1.54) is 11.1 Å². The number of fused-ring (bicyclic) bond motifs is 3. The molecule has 1 aliphatic heterocycles. The molecule has 3 atom stereocenters. The largest absolute Gasteiger partial charge is 0.507 e. The Morgan fingerprint density at radius 2 is 1.81 bits per heavy atom. The zero-order valence-corrected chi connectivity index (χ0v) is 26.3. The summed E-state index contributed by atoms with van der Waals surface area (Å²) in [5.41, 5.74) is 7.19. The van der Waals surface area contributed by atoms with Crippen LogP contribution in [0.1, 0.15) is 89.5 Å². The molecule has 5 rings (SSSR count). The van der Waals surface area contributed by atoms with Crippen LogP contribution in [0.25, 0.3) is 23.1 Å². The molecule has 2 aromatic carbocycles. The van der Waals surface area contributed by atoms with E-state index in [1.54, 1.807) is 7.11 Å². The molecule has 2 aliphatic rings. The molecule has 1 aliphatic carbocycles. The van der Waals surface area contributed by atoms with Crippen LogP contribution >= 0.6 is 0 Å². The molecular formula is C37H47NO4. The molecule has 1 fully saturated rings. The average Bonchev–Trinajstić information content (AvgIpc) is 3.35. The van der Waals surface area contributed by atoms with E-state index in [9.17, 15) is 10.2 Å². The second kappa shape index (κ2) is 11.7. The number of benzene rings is 2. The molecule has 0 bridgehead atoms. The van der Waals surface area contributed by atoms with Crippen molar-refractivity contribution < 1.29 is 19.7 Å². The fraction of sp³-hybridized carbons (Fsp3) is 0.459. The Kier molecular flexibility index (Phi) is 8.35. The standard InChI is InChI=1S/C37H47NO4/c1-23(2)9-8-10-24(3)11-14-27-22-38-29-18-26(19-30(39)34(27)29)13-12-25-17-28-21-32-36(4,5)33(40)15-16-37(32,6)42-35(28)31(20-25)41-7/h9,11-13,17-20,22,32-33,38-40H,8,10,14-16,21H2,1-7H3/b13-12+,24-11+/t32-,33-,37-/m1/s1. The van der Waals surface area contributed by atoms with Crippen molar-refractivity contribution in [2.45, 2.75) is 91.8 Å². The van der Waals surface area contributed by atoms with Gasteiger partial charge in [0.05, 0.1) is 13.2 Å². The lowest BCUT2D eigenvalue weighted by atomic mass is 9.57. The van der Waals surface area contributed by atoms with Crippen molar-refractivity contribution in [1.29, 1.82) is 0 Å². The monoisotopic (exact) mass is 569 g/mol. The van der Waals surface area contributed by atoms with Crippen LogP contribution in [0.15, 0.2) is 53.8 Å². The number of phenolic OH excluding ortho intramolecular Hbond substituents is 1. The number of hydrogen-bond acceptors (Lipinski definition) is 4. The van der Waals surface area contributed by atoms with Gasteiger partial charge in [0.15, 0.2) is 11.5 Å². The maximum atomic E-state index is 11.0. The molecule has 5 nitrogen and oxygen atoms in total. The summed E-state index contributed by atoms with van der Waals surface area (Å²) in [6.07, 6.45) is 15.6. The maximum Gasteiger partial charge on any atom is 0.165 e. The number of phenols is 1. The third-order valence-corrected chi connectivity index (χ3v) is 9.63. The van der Waals surface area contributed by atoms with E-state index in [1.807, 2.05) is 24.4 Å². The molecular weight excluding hydrogens is 522 g/mol. The first-order chi connectivity index (χ1) is 19.9. The van der Waals surface area contributed by atoms with Crippen LogP contribution in [0.2, 0.25) is 0 Å². The Labute approximate surface area is 251 Å². The normalized spacial score (nSPS) is 23.4. The van der Waals surface area contributed by atoms with Gasteiger partial charge < -0.3 is 24.7 Å². The van der Waals surface area contributed by atoms with Crippen molar-refractivity contribution in [3.05, 3.63) is 76.0 Å². The topological polar surface area (TPSA) is 74.7 Å². The Morgan fingerprint density at radius 3 is 2.52 bits per heavy atom. The predicted octanol–water partition coefficient (Wildman–Crippen LogP) is 8.78. The van der Waals surface area contributed by atoms with Crippen LogP contribution in [-0.4, -0.2) is 34.0 Å².